The molecule has 1 aliphatic rings. The topological polar surface area (TPSA) is 46.3 Å². The number of carbonyl (C=O) groups is 1. The standard InChI is InChI=1S/C12H17BrN2OS.ClH/c1-8-4-9(6-14)7-15(8)12(16)5-10-2-3-11(13)17-10;/h2-3,8-9H,4-7,14H2,1H3;1H. The maximum atomic E-state index is 12.2. The number of nitrogens with zero attached hydrogens (tertiary/aromatic N) is 1. The zero-order chi connectivity index (χ0) is 12.4. The third-order valence-electron chi connectivity index (χ3n) is 3.27. The molecule has 2 atom stereocenters. The predicted molar refractivity (Wildman–Crippen MR) is 81.3 cm³/mol. The number of thiophene rings is 1. The van der Waals surface area contributed by atoms with Gasteiger partial charge >= 0.3 is 0 Å². The molecule has 2 unspecified atom stereocenters. The van der Waals surface area contributed by atoms with Gasteiger partial charge in [0, 0.05) is 17.5 Å². The van der Waals surface area contributed by atoms with E-state index in [4.69, 9.17) is 5.73 Å². The molecule has 1 fully saturated rings. The van der Waals surface area contributed by atoms with Crippen molar-refractivity contribution in [2.24, 2.45) is 11.7 Å². The first-order chi connectivity index (χ1) is 8.10. The largest absolute Gasteiger partial charge is 0.339 e. The molecule has 6 heteroatoms. The summed E-state index contributed by atoms with van der Waals surface area (Å²) in [6.45, 7) is 3.61. The van der Waals surface area contributed by atoms with Crippen LogP contribution in [0.25, 0.3) is 0 Å². The normalized spacial score (nSPS) is 22.9. The lowest BCUT2D eigenvalue weighted by Crippen LogP contribution is -2.35. The minimum atomic E-state index is 0. The molecule has 0 aromatic carbocycles. The van der Waals surface area contributed by atoms with Crippen LogP contribution < -0.4 is 5.73 Å². The van der Waals surface area contributed by atoms with Gasteiger partial charge in [-0.05, 0) is 53.9 Å². The van der Waals surface area contributed by atoms with Crippen LogP contribution in [0.5, 0.6) is 0 Å². The molecule has 1 aliphatic heterocycles. The summed E-state index contributed by atoms with van der Waals surface area (Å²) >= 11 is 5.04. The van der Waals surface area contributed by atoms with Crippen molar-refractivity contribution >= 4 is 45.6 Å². The Bertz CT molecular complexity index is 413. The number of likely N-dealkylation sites (tertiary alicyclic amines) is 1. The molecule has 0 spiro atoms. The molecule has 1 aromatic heterocycles. The van der Waals surface area contributed by atoms with Crippen molar-refractivity contribution in [3.8, 4) is 0 Å². The third-order valence-corrected chi connectivity index (χ3v) is 4.89. The molecule has 102 valence electrons. The average molecular weight is 354 g/mol. The van der Waals surface area contributed by atoms with Gasteiger partial charge in [0.2, 0.25) is 5.91 Å². The van der Waals surface area contributed by atoms with Crippen LogP contribution in [0, 0.1) is 5.92 Å². The lowest BCUT2D eigenvalue weighted by atomic mass is 10.1. The Morgan fingerprint density at radius 1 is 1.61 bits per heavy atom. The van der Waals surface area contributed by atoms with Gasteiger partial charge in [0.05, 0.1) is 10.2 Å². The summed E-state index contributed by atoms with van der Waals surface area (Å²) < 4.78 is 1.08. The van der Waals surface area contributed by atoms with Crippen molar-refractivity contribution in [2.45, 2.75) is 25.8 Å². The fourth-order valence-corrected chi connectivity index (χ4v) is 3.83. The molecule has 0 radical (unpaired) electrons. The van der Waals surface area contributed by atoms with Gasteiger partial charge < -0.3 is 10.6 Å². The SMILES string of the molecule is CC1CC(CN)CN1C(=O)Cc1ccc(Br)s1.Cl. The van der Waals surface area contributed by atoms with E-state index in [0.29, 0.717) is 24.9 Å². The van der Waals surface area contributed by atoms with Crippen molar-refractivity contribution < 1.29 is 4.79 Å². The van der Waals surface area contributed by atoms with E-state index in [-0.39, 0.29) is 18.3 Å². The van der Waals surface area contributed by atoms with Crippen LogP contribution in [0.15, 0.2) is 15.9 Å². The number of carbonyl (C=O) groups excluding carboxylic acids is 1. The molecule has 0 aliphatic carbocycles. The Balaban J connectivity index is 0.00000162. The summed E-state index contributed by atoms with van der Waals surface area (Å²) in [6.07, 6.45) is 1.55. The molecule has 2 rings (SSSR count). The predicted octanol–water partition coefficient (Wildman–Crippen LogP) is 2.67. The molecule has 0 saturated carbocycles. The van der Waals surface area contributed by atoms with Gasteiger partial charge in [-0.2, -0.15) is 0 Å². The van der Waals surface area contributed by atoms with E-state index in [0.717, 1.165) is 21.6 Å². The molecular weight excluding hydrogens is 336 g/mol. The van der Waals surface area contributed by atoms with Gasteiger partial charge in [-0.15, -0.1) is 23.7 Å². The second-order valence-corrected chi connectivity index (χ2v) is 7.16. The van der Waals surface area contributed by atoms with E-state index in [2.05, 4.69) is 22.9 Å². The Hall–Kier alpha value is -0.100. The first kappa shape index (κ1) is 16.0. The zero-order valence-electron chi connectivity index (χ0n) is 10.3. The van der Waals surface area contributed by atoms with Crippen LogP contribution in [0.1, 0.15) is 18.2 Å². The lowest BCUT2D eigenvalue weighted by molar-refractivity contribution is -0.131. The fourth-order valence-electron chi connectivity index (χ4n) is 2.36. The van der Waals surface area contributed by atoms with Gasteiger partial charge in [-0.3, -0.25) is 4.79 Å². The molecule has 0 bridgehead atoms. The highest BCUT2D eigenvalue weighted by Gasteiger charge is 2.31. The molecule has 2 N–H and O–H groups in total. The first-order valence-corrected chi connectivity index (χ1v) is 7.45. The highest BCUT2D eigenvalue weighted by atomic mass is 79.9. The molecular formula is C12H18BrClN2OS. The molecule has 3 nitrogen and oxygen atoms in total. The Labute approximate surface area is 126 Å². The van der Waals surface area contributed by atoms with Crippen LogP contribution in [-0.2, 0) is 11.2 Å². The first-order valence-electron chi connectivity index (χ1n) is 5.84. The highest BCUT2D eigenvalue weighted by Crippen LogP contribution is 2.26. The van der Waals surface area contributed by atoms with Gasteiger partial charge in [0.15, 0.2) is 0 Å². The van der Waals surface area contributed by atoms with E-state index in [1.54, 1.807) is 11.3 Å². The van der Waals surface area contributed by atoms with E-state index in [1.807, 2.05) is 17.0 Å². The summed E-state index contributed by atoms with van der Waals surface area (Å²) in [5.74, 6) is 0.701. The van der Waals surface area contributed by atoms with Crippen LogP contribution in [-0.4, -0.2) is 29.9 Å². The van der Waals surface area contributed by atoms with Crippen molar-refractivity contribution in [1.29, 1.82) is 0 Å². The average Bonchev–Trinajstić information content (AvgIpc) is 2.85. The van der Waals surface area contributed by atoms with Crippen molar-refractivity contribution in [3.05, 3.63) is 20.8 Å². The second-order valence-electron chi connectivity index (χ2n) is 4.62. The molecule has 2 heterocycles. The summed E-state index contributed by atoms with van der Waals surface area (Å²) in [5, 5.41) is 0. The molecule has 1 amide bonds. The highest BCUT2D eigenvalue weighted by molar-refractivity contribution is 9.11. The Morgan fingerprint density at radius 2 is 2.33 bits per heavy atom. The minimum Gasteiger partial charge on any atom is -0.339 e. The smallest absolute Gasteiger partial charge is 0.228 e. The van der Waals surface area contributed by atoms with Crippen molar-refractivity contribution in [1.82, 2.24) is 4.90 Å². The zero-order valence-corrected chi connectivity index (χ0v) is 13.5. The summed E-state index contributed by atoms with van der Waals surface area (Å²) in [6, 6.07) is 4.33. The number of nitrogens with two attached hydrogens (primary N) is 1. The molecule has 1 aromatic rings. The Kier molecular flexibility index (Phi) is 6.11. The number of amides is 1. The monoisotopic (exact) mass is 352 g/mol. The number of hydrogen-bond donors (Lipinski definition) is 1. The number of hydrogen-bond acceptors (Lipinski definition) is 3. The van der Waals surface area contributed by atoms with E-state index < -0.39 is 0 Å². The minimum absolute atomic E-state index is 0. The van der Waals surface area contributed by atoms with Crippen molar-refractivity contribution in [2.75, 3.05) is 13.1 Å². The lowest BCUT2D eigenvalue weighted by Gasteiger charge is -2.21. The number of rotatable bonds is 3. The Morgan fingerprint density at radius 3 is 2.83 bits per heavy atom. The second kappa shape index (κ2) is 6.89. The van der Waals surface area contributed by atoms with Gasteiger partial charge in [0.25, 0.3) is 0 Å². The van der Waals surface area contributed by atoms with Gasteiger partial charge in [0.1, 0.15) is 0 Å². The van der Waals surface area contributed by atoms with Gasteiger partial charge in [-0.25, -0.2) is 0 Å². The van der Waals surface area contributed by atoms with Crippen LogP contribution in [0.4, 0.5) is 0 Å². The van der Waals surface area contributed by atoms with E-state index in [9.17, 15) is 4.79 Å². The van der Waals surface area contributed by atoms with Crippen LogP contribution in [0.2, 0.25) is 0 Å². The maximum Gasteiger partial charge on any atom is 0.228 e. The van der Waals surface area contributed by atoms with Crippen LogP contribution >= 0.6 is 39.7 Å². The van der Waals surface area contributed by atoms with Crippen LogP contribution in [0.3, 0.4) is 0 Å². The van der Waals surface area contributed by atoms with E-state index >= 15 is 0 Å². The molecule has 18 heavy (non-hydrogen) atoms. The fraction of sp³-hybridized carbons (Fsp3) is 0.583. The summed E-state index contributed by atoms with van der Waals surface area (Å²) in [5.41, 5.74) is 5.67. The molecule has 1 saturated heterocycles. The summed E-state index contributed by atoms with van der Waals surface area (Å²) in [7, 11) is 0. The number of halogens is 2. The van der Waals surface area contributed by atoms with Crippen molar-refractivity contribution in [3.63, 3.8) is 0 Å². The van der Waals surface area contributed by atoms with E-state index in [1.165, 1.54) is 0 Å². The van der Waals surface area contributed by atoms with Gasteiger partial charge in [-0.1, -0.05) is 0 Å². The summed E-state index contributed by atoms with van der Waals surface area (Å²) in [4.78, 5) is 15.3. The third kappa shape index (κ3) is 3.70. The maximum absolute atomic E-state index is 12.2. The quantitative estimate of drug-likeness (QED) is 0.908.